The number of hydrogen-bond donors (Lipinski definition) is 4. The van der Waals surface area contributed by atoms with Crippen molar-refractivity contribution in [2.45, 2.75) is 37.5 Å². The first kappa shape index (κ1) is 19.7. The third kappa shape index (κ3) is 3.58. The molecule has 0 bridgehead atoms. The summed E-state index contributed by atoms with van der Waals surface area (Å²) >= 11 is 0. The highest BCUT2D eigenvalue weighted by Crippen LogP contribution is 2.38. The number of fused-ring (bicyclic) bond motifs is 2. The van der Waals surface area contributed by atoms with Crippen molar-refractivity contribution in [3.8, 4) is 0 Å². The van der Waals surface area contributed by atoms with Gasteiger partial charge in [0, 0.05) is 23.4 Å². The predicted octanol–water partition coefficient (Wildman–Crippen LogP) is 1.46. The Labute approximate surface area is 180 Å². The van der Waals surface area contributed by atoms with Crippen LogP contribution in [0, 0.1) is 5.92 Å². The fourth-order valence-corrected chi connectivity index (χ4v) is 4.79. The molecule has 1 aromatic carbocycles. The molecule has 31 heavy (non-hydrogen) atoms. The van der Waals surface area contributed by atoms with Crippen molar-refractivity contribution in [2.75, 3.05) is 22.9 Å². The van der Waals surface area contributed by atoms with Crippen LogP contribution in [0.4, 0.5) is 17.5 Å². The minimum atomic E-state index is -0.843. The number of nitrogen functional groups attached to an aromatic ring is 2. The number of aliphatic hydroxyl groups is 2. The average Bonchev–Trinajstić information content (AvgIpc) is 3.31. The van der Waals surface area contributed by atoms with Gasteiger partial charge in [-0.3, -0.25) is 0 Å². The van der Waals surface area contributed by atoms with Gasteiger partial charge in [-0.25, -0.2) is 15.0 Å². The van der Waals surface area contributed by atoms with Gasteiger partial charge in [-0.05, 0) is 43.0 Å². The van der Waals surface area contributed by atoms with Crippen molar-refractivity contribution >= 4 is 28.4 Å². The maximum absolute atomic E-state index is 10.7. The average molecular weight is 419 g/mol. The monoisotopic (exact) mass is 418 g/mol. The second-order valence-corrected chi connectivity index (χ2v) is 8.35. The van der Waals surface area contributed by atoms with E-state index in [4.69, 9.17) is 11.5 Å². The van der Waals surface area contributed by atoms with Gasteiger partial charge < -0.3 is 26.6 Å². The van der Waals surface area contributed by atoms with E-state index in [1.165, 1.54) is 6.33 Å². The van der Waals surface area contributed by atoms with E-state index in [1.54, 1.807) is 6.07 Å². The van der Waals surface area contributed by atoms with E-state index < -0.39 is 12.2 Å². The minimum Gasteiger partial charge on any atom is -0.390 e. The van der Waals surface area contributed by atoms with Crippen LogP contribution in [0.5, 0.6) is 0 Å². The molecular weight excluding hydrogens is 392 g/mol. The fourth-order valence-electron chi connectivity index (χ4n) is 4.79. The summed E-state index contributed by atoms with van der Waals surface area (Å²) in [5.41, 5.74) is 14.7. The Hall–Kier alpha value is -3.23. The lowest BCUT2D eigenvalue weighted by Crippen LogP contribution is -2.43. The van der Waals surface area contributed by atoms with Crippen molar-refractivity contribution in [1.29, 1.82) is 0 Å². The molecule has 3 heterocycles. The standard InChI is InChI=1S/C23H26N6O2/c24-19-7-6-14-5-4-13(10-17(14)28-19)2-1-3-15-11-18(21(31)20(15)30)29-9-8-16-22(25)26-12-27-23(16)29/h1,3-7,10,12,15,18,20-21,30-31H,2,8-9,11H2,(H2,24,28)(H2,25,26,27)/b3-1+/t15-,18+,20+,21-/m0/s1. The molecule has 8 nitrogen and oxygen atoms in total. The van der Waals surface area contributed by atoms with Crippen molar-refractivity contribution in [2.24, 2.45) is 5.92 Å². The molecule has 0 amide bonds. The fraction of sp³-hybridized carbons (Fsp3) is 0.348. The van der Waals surface area contributed by atoms with Crippen molar-refractivity contribution in [3.05, 3.63) is 59.9 Å². The van der Waals surface area contributed by atoms with E-state index >= 15 is 0 Å². The molecule has 5 rings (SSSR count). The summed E-state index contributed by atoms with van der Waals surface area (Å²) in [5.74, 6) is 1.64. The zero-order chi connectivity index (χ0) is 21.5. The van der Waals surface area contributed by atoms with Crippen LogP contribution < -0.4 is 16.4 Å². The molecule has 2 aromatic heterocycles. The van der Waals surface area contributed by atoms with Crippen LogP contribution >= 0.6 is 0 Å². The number of aromatic nitrogens is 3. The number of allylic oxidation sites excluding steroid dienone is 1. The van der Waals surface area contributed by atoms with Gasteiger partial charge in [-0.2, -0.15) is 0 Å². The third-order valence-corrected chi connectivity index (χ3v) is 6.44. The van der Waals surface area contributed by atoms with Gasteiger partial charge in [0.1, 0.15) is 29.9 Å². The smallest absolute Gasteiger partial charge is 0.137 e. The Morgan fingerprint density at radius 3 is 2.81 bits per heavy atom. The predicted molar refractivity (Wildman–Crippen MR) is 120 cm³/mol. The van der Waals surface area contributed by atoms with Gasteiger partial charge >= 0.3 is 0 Å². The van der Waals surface area contributed by atoms with Gasteiger partial charge in [0.05, 0.1) is 17.7 Å². The van der Waals surface area contributed by atoms with Crippen molar-refractivity contribution in [1.82, 2.24) is 15.0 Å². The van der Waals surface area contributed by atoms with E-state index in [9.17, 15) is 10.2 Å². The Kier molecular flexibility index (Phi) is 4.95. The molecule has 1 aliphatic heterocycles. The molecule has 0 spiro atoms. The Bertz CT molecular complexity index is 1150. The number of benzene rings is 1. The van der Waals surface area contributed by atoms with Crippen LogP contribution in [0.15, 0.2) is 48.8 Å². The van der Waals surface area contributed by atoms with Crippen LogP contribution in [0.1, 0.15) is 17.5 Å². The molecule has 0 radical (unpaired) electrons. The zero-order valence-electron chi connectivity index (χ0n) is 17.1. The molecule has 0 unspecified atom stereocenters. The number of hydrogen-bond acceptors (Lipinski definition) is 8. The summed E-state index contributed by atoms with van der Waals surface area (Å²) in [6.07, 6.45) is 5.97. The van der Waals surface area contributed by atoms with Gasteiger partial charge in [-0.15, -0.1) is 0 Å². The van der Waals surface area contributed by atoms with E-state index in [-0.39, 0.29) is 12.0 Å². The zero-order valence-corrected chi connectivity index (χ0v) is 17.1. The van der Waals surface area contributed by atoms with Crippen LogP contribution in [0.25, 0.3) is 10.9 Å². The van der Waals surface area contributed by atoms with Crippen LogP contribution in [0.2, 0.25) is 0 Å². The molecule has 1 aliphatic carbocycles. The summed E-state index contributed by atoms with van der Waals surface area (Å²) < 4.78 is 0. The van der Waals surface area contributed by atoms with Gasteiger partial charge in [-0.1, -0.05) is 24.3 Å². The quantitative estimate of drug-likeness (QED) is 0.468. The lowest BCUT2D eigenvalue weighted by Gasteiger charge is -2.28. The van der Waals surface area contributed by atoms with Crippen molar-refractivity contribution in [3.63, 3.8) is 0 Å². The van der Waals surface area contributed by atoms with Gasteiger partial charge in [0.15, 0.2) is 0 Å². The molecular formula is C23H26N6O2. The lowest BCUT2D eigenvalue weighted by molar-refractivity contribution is 0.0228. The summed E-state index contributed by atoms with van der Waals surface area (Å²) in [7, 11) is 0. The summed E-state index contributed by atoms with van der Waals surface area (Å²) in [4.78, 5) is 14.9. The molecule has 3 aromatic rings. The topological polar surface area (TPSA) is 134 Å². The summed E-state index contributed by atoms with van der Waals surface area (Å²) in [5, 5.41) is 22.4. The molecule has 2 aliphatic rings. The van der Waals surface area contributed by atoms with E-state index in [2.05, 4.69) is 32.0 Å². The molecule has 6 N–H and O–H groups in total. The first-order valence-corrected chi connectivity index (χ1v) is 10.5. The normalized spacial score (nSPS) is 25.5. The largest absolute Gasteiger partial charge is 0.390 e. The number of anilines is 3. The van der Waals surface area contributed by atoms with Crippen molar-refractivity contribution < 1.29 is 10.2 Å². The van der Waals surface area contributed by atoms with E-state index in [0.717, 1.165) is 40.8 Å². The summed E-state index contributed by atoms with van der Waals surface area (Å²) in [6.45, 7) is 0.719. The Morgan fingerprint density at radius 2 is 1.94 bits per heavy atom. The maximum atomic E-state index is 10.7. The Morgan fingerprint density at radius 1 is 1.10 bits per heavy atom. The number of nitrogens with two attached hydrogens (primary N) is 2. The Balaban J connectivity index is 1.29. The number of pyridine rings is 1. The number of nitrogens with zero attached hydrogens (tertiary/aromatic N) is 4. The van der Waals surface area contributed by atoms with E-state index in [0.29, 0.717) is 24.5 Å². The maximum Gasteiger partial charge on any atom is 0.137 e. The highest BCUT2D eigenvalue weighted by atomic mass is 16.3. The summed E-state index contributed by atoms with van der Waals surface area (Å²) in [6, 6.07) is 9.69. The second-order valence-electron chi connectivity index (χ2n) is 8.35. The lowest BCUT2D eigenvalue weighted by atomic mass is 10.0. The SMILES string of the molecule is Nc1ccc2ccc(C/C=C/[C@H]3C[C@@H](N4CCc5c(N)ncnc54)[C@H](O)[C@@H]3O)cc2n1. The molecule has 8 heteroatoms. The molecule has 160 valence electrons. The van der Waals surface area contributed by atoms with Crippen LogP contribution in [-0.2, 0) is 12.8 Å². The molecule has 4 atom stereocenters. The molecule has 0 saturated heterocycles. The van der Waals surface area contributed by atoms with Gasteiger partial charge in [0.25, 0.3) is 0 Å². The highest BCUT2D eigenvalue weighted by molar-refractivity contribution is 5.80. The van der Waals surface area contributed by atoms with E-state index in [1.807, 2.05) is 24.3 Å². The van der Waals surface area contributed by atoms with Gasteiger partial charge in [0.2, 0.25) is 0 Å². The van der Waals surface area contributed by atoms with Crippen LogP contribution in [0.3, 0.4) is 0 Å². The van der Waals surface area contributed by atoms with Crippen LogP contribution in [-0.4, -0.2) is 50.0 Å². The third-order valence-electron chi connectivity index (χ3n) is 6.44. The molecule has 1 saturated carbocycles. The highest BCUT2D eigenvalue weighted by Gasteiger charge is 2.45. The number of rotatable bonds is 4. The minimum absolute atomic E-state index is 0.127. The first-order chi connectivity index (χ1) is 15.0. The second kappa shape index (κ2) is 7.79. The first-order valence-electron chi connectivity index (χ1n) is 10.5. The number of aliphatic hydroxyl groups excluding tert-OH is 2. The molecule has 1 fully saturated rings.